The van der Waals surface area contributed by atoms with Crippen molar-refractivity contribution in [2.24, 2.45) is 5.92 Å². The van der Waals surface area contributed by atoms with Gasteiger partial charge in [0.2, 0.25) is 0 Å². The van der Waals surface area contributed by atoms with Gasteiger partial charge in [-0.3, -0.25) is 4.79 Å². The average molecular weight is 298 g/mol. The van der Waals surface area contributed by atoms with Gasteiger partial charge in [-0.05, 0) is 25.7 Å². The Morgan fingerprint density at radius 1 is 1.35 bits per heavy atom. The number of fused-ring (bicyclic) bond motifs is 1. The fourth-order valence-electron chi connectivity index (χ4n) is 3.17. The third kappa shape index (κ3) is 2.24. The number of aromatic nitrogens is 2. The molecule has 1 aromatic rings. The first-order valence-corrected chi connectivity index (χ1v) is 8.69. The van der Waals surface area contributed by atoms with E-state index in [-0.39, 0.29) is 5.75 Å². The van der Waals surface area contributed by atoms with Crippen LogP contribution < -0.4 is 0 Å². The molecule has 0 amide bonds. The van der Waals surface area contributed by atoms with Gasteiger partial charge in [-0.2, -0.15) is 0 Å². The minimum atomic E-state index is -3.15. The van der Waals surface area contributed by atoms with Gasteiger partial charge in [-0.15, -0.1) is 0 Å². The van der Waals surface area contributed by atoms with Gasteiger partial charge in [-0.1, -0.05) is 6.42 Å². The van der Waals surface area contributed by atoms with E-state index in [4.69, 9.17) is 5.11 Å². The number of imidazole rings is 1. The number of carboxylic acid groups (broad SMARTS) is 1. The maximum absolute atomic E-state index is 12.2. The average Bonchev–Trinajstić information content (AvgIpc) is 2.81. The topological polar surface area (TPSA) is 89.3 Å². The molecular weight excluding hydrogens is 280 g/mol. The largest absolute Gasteiger partial charge is 0.481 e. The van der Waals surface area contributed by atoms with Crippen LogP contribution in [0.3, 0.4) is 0 Å². The second-order valence-corrected chi connectivity index (χ2v) is 7.95. The number of sulfone groups is 1. The molecule has 0 aliphatic carbocycles. The predicted octanol–water partition coefficient (Wildman–Crippen LogP) is 1.17. The van der Waals surface area contributed by atoms with Crippen LogP contribution in [0.25, 0.3) is 0 Å². The van der Waals surface area contributed by atoms with E-state index in [1.807, 2.05) is 4.57 Å². The van der Waals surface area contributed by atoms with Gasteiger partial charge < -0.3 is 9.67 Å². The molecule has 20 heavy (non-hydrogen) atoms. The summed E-state index contributed by atoms with van der Waals surface area (Å²) in [6, 6.07) is 0. The Hall–Kier alpha value is -1.37. The highest BCUT2D eigenvalue weighted by Gasteiger charge is 2.36. The molecule has 0 bridgehead atoms. The van der Waals surface area contributed by atoms with Gasteiger partial charge in [0.1, 0.15) is 11.1 Å². The Balaban J connectivity index is 1.96. The second kappa shape index (κ2) is 4.87. The van der Waals surface area contributed by atoms with Crippen molar-refractivity contribution in [3.05, 3.63) is 17.7 Å². The van der Waals surface area contributed by atoms with Crippen molar-refractivity contribution in [2.45, 2.75) is 43.9 Å². The van der Waals surface area contributed by atoms with Crippen LogP contribution >= 0.6 is 0 Å². The smallest absolute Gasteiger partial charge is 0.308 e. The second-order valence-electron chi connectivity index (χ2n) is 5.64. The zero-order chi connectivity index (χ0) is 14.3. The molecule has 110 valence electrons. The van der Waals surface area contributed by atoms with E-state index in [1.165, 1.54) is 0 Å². The highest BCUT2D eigenvalue weighted by Crippen LogP contribution is 2.35. The molecule has 6 nitrogen and oxygen atoms in total. The molecule has 2 unspecified atom stereocenters. The minimum Gasteiger partial charge on any atom is -0.481 e. The van der Waals surface area contributed by atoms with Crippen molar-refractivity contribution < 1.29 is 18.3 Å². The third-order valence-corrected chi connectivity index (χ3v) is 6.51. The normalized spacial score (nSPS) is 28.8. The fraction of sp³-hybridized carbons (Fsp3) is 0.692. The Labute approximate surface area is 117 Å². The number of carbonyl (C=O) groups is 1. The summed E-state index contributed by atoms with van der Waals surface area (Å²) >= 11 is 0. The lowest BCUT2D eigenvalue weighted by Crippen LogP contribution is -2.30. The van der Waals surface area contributed by atoms with E-state index < -0.39 is 27.0 Å². The van der Waals surface area contributed by atoms with E-state index >= 15 is 0 Å². The zero-order valence-corrected chi connectivity index (χ0v) is 12.0. The lowest BCUT2D eigenvalue weighted by atomic mass is 9.98. The lowest BCUT2D eigenvalue weighted by molar-refractivity contribution is -0.142. The molecule has 0 aromatic carbocycles. The number of hydrogen-bond acceptors (Lipinski definition) is 4. The standard InChI is InChI=1S/C13H18N2O4S/c16-13(17)9-4-5-10-7-14-12(15(10)8-9)11-3-1-2-6-20(11,18)19/h7,9,11H,1-6,8H2,(H,16,17). The van der Waals surface area contributed by atoms with E-state index in [0.29, 0.717) is 38.1 Å². The lowest BCUT2D eigenvalue weighted by Gasteiger charge is -2.27. The first kappa shape index (κ1) is 13.6. The van der Waals surface area contributed by atoms with Gasteiger partial charge in [0.25, 0.3) is 0 Å². The fourth-order valence-corrected chi connectivity index (χ4v) is 5.10. The van der Waals surface area contributed by atoms with Crippen LogP contribution in [0.2, 0.25) is 0 Å². The van der Waals surface area contributed by atoms with Gasteiger partial charge in [0, 0.05) is 18.4 Å². The third-order valence-electron chi connectivity index (χ3n) is 4.34. The molecule has 1 N–H and O–H groups in total. The summed E-state index contributed by atoms with van der Waals surface area (Å²) in [5.74, 6) is -0.503. The maximum Gasteiger partial charge on any atom is 0.308 e. The predicted molar refractivity (Wildman–Crippen MR) is 72.1 cm³/mol. The van der Waals surface area contributed by atoms with E-state index in [9.17, 15) is 13.2 Å². The van der Waals surface area contributed by atoms with Crippen molar-refractivity contribution in [3.8, 4) is 0 Å². The van der Waals surface area contributed by atoms with Crippen molar-refractivity contribution in [3.63, 3.8) is 0 Å². The first-order chi connectivity index (χ1) is 9.49. The van der Waals surface area contributed by atoms with Crippen molar-refractivity contribution in [2.75, 3.05) is 5.75 Å². The zero-order valence-electron chi connectivity index (χ0n) is 11.2. The Bertz CT molecular complexity index is 635. The SMILES string of the molecule is O=C(O)C1CCc2cnc(C3CCCCS3(=O)=O)n2C1. The quantitative estimate of drug-likeness (QED) is 0.885. The van der Waals surface area contributed by atoms with Crippen LogP contribution in [0.4, 0.5) is 0 Å². The number of hydrogen-bond donors (Lipinski definition) is 1. The Morgan fingerprint density at radius 2 is 2.15 bits per heavy atom. The number of rotatable bonds is 2. The number of aliphatic carboxylic acids is 1. The molecule has 7 heteroatoms. The molecule has 3 heterocycles. The summed E-state index contributed by atoms with van der Waals surface area (Å²) in [5.41, 5.74) is 0.957. The molecule has 3 rings (SSSR count). The van der Waals surface area contributed by atoms with Crippen LogP contribution in [0, 0.1) is 5.92 Å². The van der Waals surface area contributed by atoms with Crippen molar-refractivity contribution in [1.29, 1.82) is 0 Å². The summed E-state index contributed by atoms with van der Waals surface area (Å²) in [6.07, 6.45) is 5.14. The van der Waals surface area contributed by atoms with E-state index in [2.05, 4.69) is 4.98 Å². The van der Waals surface area contributed by atoms with Crippen LogP contribution in [0.5, 0.6) is 0 Å². The highest BCUT2D eigenvalue weighted by molar-refractivity contribution is 7.91. The van der Waals surface area contributed by atoms with Crippen LogP contribution in [0.15, 0.2) is 6.20 Å². The van der Waals surface area contributed by atoms with Gasteiger partial charge in [-0.25, -0.2) is 13.4 Å². The summed E-state index contributed by atoms with van der Waals surface area (Å²) in [5, 5.41) is 8.60. The monoisotopic (exact) mass is 298 g/mol. The van der Waals surface area contributed by atoms with Gasteiger partial charge in [0.05, 0.1) is 11.7 Å². The summed E-state index contributed by atoms with van der Waals surface area (Å²) in [4.78, 5) is 15.5. The van der Waals surface area contributed by atoms with Crippen molar-refractivity contribution in [1.82, 2.24) is 9.55 Å². The Kier molecular flexibility index (Phi) is 3.32. The molecule has 2 aliphatic heterocycles. The van der Waals surface area contributed by atoms with Gasteiger partial charge in [0.15, 0.2) is 9.84 Å². The van der Waals surface area contributed by atoms with E-state index in [1.54, 1.807) is 6.20 Å². The molecule has 1 saturated heterocycles. The number of nitrogens with zero attached hydrogens (tertiary/aromatic N) is 2. The van der Waals surface area contributed by atoms with Crippen molar-refractivity contribution >= 4 is 15.8 Å². The molecule has 1 aromatic heterocycles. The highest BCUT2D eigenvalue weighted by atomic mass is 32.2. The molecule has 1 fully saturated rings. The van der Waals surface area contributed by atoms with Crippen LogP contribution in [0.1, 0.15) is 42.5 Å². The molecule has 2 atom stereocenters. The van der Waals surface area contributed by atoms with Crippen LogP contribution in [-0.4, -0.2) is 34.8 Å². The molecule has 0 saturated carbocycles. The molecular formula is C13H18N2O4S. The number of carboxylic acids is 1. The Morgan fingerprint density at radius 3 is 2.85 bits per heavy atom. The maximum atomic E-state index is 12.2. The molecule has 0 radical (unpaired) electrons. The minimum absolute atomic E-state index is 0.211. The van der Waals surface area contributed by atoms with Gasteiger partial charge >= 0.3 is 5.97 Å². The number of aryl methyl sites for hydroxylation is 1. The first-order valence-electron chi connectivity index (χ1n) is 6.98. The molecule has 0 spiro atoms. The summed E-state index contributed by atoms with van der Waals surface area (Å²) in [6.45, 7) is 0.339. The summed E-state index contributed by atoms with van der Waals surface area (Å²) < 4.78 is 26.3. The van der Waals surface area contributed by atoms with Crippen LogP contribution in [-0.2, 0) is 27.6 Å². The van der Waals surface area contributed by atoms with E-state index in [0.717, 1.165) is 12.1 Å². The molecule has 2 aliphatic rings. The summed E-state index contributed by atoms with van der Waals surface area (Å²) in [7, 11) is -3.15.